The molecule has 0 spiro atoms. The van der Waals surface area contributed by atoms with Gasteiger partial charge >= 0.3 is 0 Å². The number of carbonyl (C=O) groups is 1. The fourth-order valence-corrected chi connectivity index (χ4v) is 4.59. The third-order valence-electron chi connectivity index (χ3n) is 4.68. The predicted octanol–water partition coefficient (Wildman–Crippen LogP) is 6.72. The molecule has 7 heteroatoms. The van der Waals surface area contributed by atoms with Crippen LogP contribution in [0.1, 0.15) is 18.1 Å². The second-order valence-corrected chi connectivity index (χ2v) is 9.02. The van der Waals surface area contributed by atoms with Crippen LogP contribution in [0, 0.1) is 0 Å². The number of hydrogen-bond donors (Lipinski definition) is 0. The average Bonchev–Trinajstić information content (AvgIpc) is 3.08. The van der Waals surface area contributed by atoms with Crippen LogP contribution in [0.2, 0.25) is 5.02 Å². The Bertz CT molecular complexity index is 1160. The summed E-state index contributed by atoms with van der Waals surface area (Å²) in [6.45, 7) is 2.81. The van der Waals surface area contributed by atoms with E-state index in [0.717, 1.165) is 16.8 Å². The van der Waals surface area contributed by atoms with Crippen LogP contribution in [0.5, 0.6) is 11.5 Å². The van der Waals surface area contributed by atoms with E-state index in [9.17, 15) is 4.79 Å². The van der Waals surface area contributed by atoms with Crippen molar-refractivity contribution in [3.63, 3.8) is 0 Å². The zero-order chi connectivity index (χ0) is 22.5. The molecule has 162 valence electrons. The molecule has 1 aliphatic heterocycles. The fourth-order valence-electron chi connectivity index (χ4n) is 3.16. The Balaban J connectivity index is 1.54. The Morgan fingerprint density at radius 3 is 2.47 bits per heavy atom. The van der Waals surface area contributed by atoms with Gasteiger partial charge in [-0.05, 0) is 60.5 Å². The van der Waals surface area contributed by atoms with Gasteiger partial charge in [0.2, 0.25) is 0 Å². The summed E-state index contributed by atoms with van der Waals surface area (Å²) >= 11 is 12.7. The molecule has 32 heavy (non-hydrogen) atoms. The van der Waals surface area contributed by atoms with Crippen molar-refractivity contribution < 1.29 is 14.3 Å². The van der Waals surface area contributed by atoms with Crippen LogP contribution in [0.25, 0.3) is 6.08 Å². The number of thiocarbonyl (C=S) groups is 1. The van der Waals surface area contributed by atoms with Crippen molar-refractivity contribution in [1.29, 1.82) is 0 Å². The lowest BCUT2D eigenvalue weighted by Gasteiger charge is -2.14. The highest BCUT2D eigenvalue weighted by Gasteiger charge is 2.33. The Labute approximate surface area is 201 Å². The van der Waals surface area contributed by atoms with Gasteiger partial charge in [0, 0.05) is 5.02 Å². The van der Waals surface area contributed by atoms with Gasteiger partial charge in [-0.1, -0.05) is 72.0 Å². The first-order chi connectivity index (χ1) is 15.5. The molecule has 3 aromatic carbocycles. The SMILES string of the molecule is CCOc1cc(/C=C2\SC(=S)N(c3ccccc3)C2=O)ccc1OCc1ccc(Cl)cc1. The van der Waals surface area contributed by atoms with E-state index < -0.39 is 0 Å². The summed E-state index contributed by atoms with van der Waals surface area (Å²) in [7, 11) is 0. The lowest BCUT2D eigenvalue weighted by molar-refractivity contribution is -0.113. The molecular weight excluding hydrogens is 462 g/mol. The number of nitrogens with zero attached hydrogens (tertiary/aromatic N) is 1. The topological polar surface area (TPSA) is 38.8 Å². The Morgan fingerprint density at radius 2 is 1.75 bits per heavy atom. The highest BCUT2D eigenvalue weighted by atomic mass is 35.5. The highest BCUT2D eigenvalue weighted by Crippen LogP contribution is 2.37. The van der Waals surface area contributed by atoms with Gasteiger partial charge in [-0.25, -0.2) is 0 Å². The molecule has 3 aromatic rings. The summed E-state index contributed by atoms with van der Waals surface area (Å²) in [5.41, 5.74) is 2.60. The van der Waals surface area contributed by atoms with Gasteiger partial charge in [0.1, 0.15) is 6.61 Å². The first kappa shape index (κ1) is 22.4. The molecule has 0 saturated carbocycles. The quantitative estimate of drug-likeness (QED) is 0.276. The number of amides is 1. The molecular formula is C25H20ClNO3S2. The van der Waals surface area contributed by atoms with Gasteiger partial charge in [0.05, 0.1) is 17.2 Å². The normalized spacial score (nSPS) is 14.8. The molecule has 1 aliphatic rings. The van der Waals surface area contributed by atoms with Gasteiger partial charge in [-0.15, -0.1) is 0 Å². The van der Waals surface area contributed by atoms with Crippen LogP contribution in [0.15, 0.2) is 77.7 Å². The standard InChI is InChI=1S/C25H20ClNO3S2/c1-2-29-22-14-18(10-13-21(22)30-16-17-8-11-19(26)12-9-17)15-23-24(28)27(25(31)32-23)20-6-4-3-5-7-20/h3-15H,2,16H2,1H3/b23-15-. The van der Waals surface area contributed by atoms with E-state index in [2.05, 4.69) is 0 Å². The van der Waals surface area contributed by atoms with Crippen LogP contribution in [-0.4, -0.2) is 16.8 Å². The molecule has 0 atom stereocenters. The van der Waals surface area contributed by atoms with Crippen LogP contribution in [-0.2, 0) is 11.4 Å². The van der Waals surface area contributed by atoms with E-state index in [1.54, 1.807) is 4.90 Å². The van der Waals surface area contributed by atoms with Crippen molar-refractivity contribution >= 4 is 57.6 Å². The van der Waals surface area contributed by atoms with Crippen LogP contribution in [0.4, 0.5) is 5.69 Å². The summed E-state index contributed by atoms with van der Waals surface area (Å²) in [5, 5.41) is 0.686. The highest BCUT2D eigenvalue weighted by molar-refractivity contribution is 8.27. The van der Waals surface area contributed by atoms with Crippen molar-refractivity contribution in [3.05, 3.63) is 93.9 Å². The maximum absolute atomic E-state index is 13.0. The van der Waals surface area contributed by atoms with E-state index in [1.165, 1.54) is 11.8 Å². The molecule has 4 rings (SSSR count). The third-order valence-corrected chi connectivity index (χ3v) is 6.24. The minimum Gasteiger partial charge on any atom is -0.490 e. The summed E-state index contributed by atoms with van der Waals surface area (Å²) in [6.07, 6.45) is 1.83. The van der Waals surface area contributed by atoms with Crippen LogP contribution < -0.4 is 14.4 Å². The number of hydrogen-bond acceptors (Lipinski definition) is 5. The average molecular weight is 482 g/mol. The van der Waals surface area contributed by atoms with Crippen molar-refractivity contribution in [2.24, 2.45) is 0 Å². The number of carbonyl (C=O) groups excluding carboxylic acids is 1. The number of ether oxygens (including phenoxy) is 2. The number of rotatable bonds is 7. The zero-order valence-corrected chi connectivity index (χ0v) is 19.7. The van der Waals surface area contributed by atoms with E-state index >= 15 is 0 Å². The van der Waals surface area contributed by atoms with Gasteiger partial charge in [0.15, 0.2) is 15.8 Å². The number of halogens is 1. The maximum atomic E-state index is 13.0. The molecule has 0 unspecified atom stereocenters. The summed E-state index contributed by atoms with van der Waals surface area (Å²) in [6, 6.07) is 22.5. The Morgan fingerprint density at radius 1 is 1.00 bits per heavy atom. The smallest absolute Gasteiger partial charge is 0.270 e. The Kier molecular flexibility index (Phi) is 7.15. The number of para-hydroxylation sites is 1. The molecule has 1 heterocycles. The molecule has 1 saturated heterocycles. The molecule has 4 nitrogen and oxygen atoms in total. The van der Waals surface area contributed by atoms with E-state index in [-0.39, 0.29) is 5.91 Å². The van der Waals surface area contributed by atoms with Gasteiger partial charge in [-0.3, -0.25) is 9.69 Å². The lowest BCUT2D eigenvalue weighted by Crippen LogP contribution is -2.27. The largest absolute Gasteiger partial charge is 0.490 e. The van der Waals surface area contributed by atoms with E-state index in [4.69, 9.17) is 33.3 Å². The Hall–Kier alpha value is -2.80. The summed E-state index contributed by atoms with van der Waals surface area (Å²) in [4.78, 5) is 15.1. The van der Waals surface area contributed by atoms with Crippen LogP contribution >= 0.6 is 35.6 Å². The summed E-state index contributed by atoms with van der Waals surface area (Å²) < 4.78 is 12.3. The minimum atomic E-state index is -0.132. The molecule has 0 aromatic heterocycles. The van der Waals surface area contributed by atoms with Crippen molar-refractivity contribution in [2.75, 3.05) is 11.5 Å². The zero-order valence-electron chi connectivity index (χ0n) is 17.3. The minimum absolute atomic E-state index is 0.132. The molecule has 0 N–H and O–H groups in total. The van der Waals surface area contributed by atoms with Gasteiger partial charge in [-0.2, -0.15) is 0 Å². The number of thioether (sulfide) groups is 1. The van der Waals surface area contributed by atoms with Crippen LogP contribution in [0.3, 0.4) is 0 Å². The van der Waals surface area contributed by atoms with Crippen molar-refractivity contribution in [3.8, 4) is 11.5 Å². The van der Waals surface area contributed by atoms with Gasteiger partial charge in [0.25, 0.3) is 5.91 Å². The third kappa shape index (κ3) is 5.15. The fraction of sp³-hybridized carbons (Fsp3) is 0.120. The second-order valence-electron chi connectivity index (χ2n) is 6.91. The van der Waals surface area contributed by atoms with Crippen molar-refractivity contribution in [2.45, 2.75) is 13.5 Å². The first-order valence-corrected chi connectivity index (χ1v) is 11.6. The molecule has 0 radical (unpaired) electrons. The van der Waals surface area contributed by atoms with E-state index in [1.807, 2.05) is 85.8 Å². The molecule has 1 amide bonds. The molecule has 0 bridgehead atoms. The number of benzene rings is 3. The van der Waals surface area contributed by atoms with E-state index in [0.29, 0.717) is 39.0 Å². The summed E-state index contributed by atoms with van der Waals surface area (Å²) in [5.74, 6) is 1.12. The van der Waals surface area contributed by atoms with Crippen molar-refractivity contribution in [1.82, 2.24) is 0 Å². The molecule has 1 fully saturated rings. The second kappa shape index (κ2) is 10.2. The lowest BCUT2D eigenvalue weighted by atomic mass is 10.1. The predicted molar refractivity (Wildman–Crippen MR) is 135 cm³/mol. The monoisotopic (exact) mass is 481 g/mol. The first-order valence-electron chi connectivity index (χ1n) is 10.0. The van der Waals surface area contributed by atoms with Gasteiger partial charge < -0.3 is 9.47 Å². The molecule has 0 aliphatic carbocycles. The maximum Gasteiger partial charge on any atom is 0.270 e. The number of anilines is 1.